The number of hydrogen-bond acceptors (Lipinski definition) is 8. The maximum absolute atomic E-state index is 13.1. The number of hydrogen-bond donors (Lipinski definition) is 0. The van der Waals surface area contributed by atoms with Crippen molar-refractivity contribution < 1.29 is 36.5 Å². The van der Waals surface area contributed by atoms with Gasteiger partial charge in [0, 0.05) is 23.1 Å². The molecule has 9 heteroatoms. The molecule has 3 rings (SSSR count). The van der Waals surface area contributed by atoms with Crippen LogP contribution in [0.4, 0.5) is 0 Å². The van der Waals surface area contributed by atoms with Crippen LogP contribution in [0.2, 0.25) is 0 Å². The summed E-state index contributed by atoms with van der Waals surface area (Å²) in [6, 6.07) is 6.09. The number of esters is 2. The molecule has 2 aromatic carbocycles. The van der Waals surface area contributed by atoms with Crippen LogP contribution in [0.15, 0.2) is 40.8 Å². The highest BCUT2D eigenvalue weighted by Crippen LogP contribution is 2.39. The second kappa shape index (κ2) is 10.2. The van der Waals surface area contributed by atoms with E-state index in [1.165, 1.54) is 19.2 Å². The summed E-state index contributed by atoms with van der Waals surface area (Å²) in [6.07, 6.45) is 3.10. The lowest BCUT2D eigenvalue weighted by Crippen LogP contribution is -2.16. The summed E-state index contributed by atoms with van der Waals surface area (Å²) in [6.45, 7) is 5.24. The van der Waals surface area contributed by atoms with Crippen LogP contribution in [0.5, 0.6) is 5.75 Å². The van der Waals surface area contributed by atoms with Crippen molar-refractivity contribution in [2.75, 3.05) is 7.11 Å². The van der Waals surface area contributed by atoms with Crippen LogP contribution in [-0.2, 0) is 37.4 Å². The Morgan fingerprint density at radius 1 is 1.15 bits per heavy atom. The highest BCUT2D eigenvalue weighted by Gasteiger charge is 2.34. The molecule has 34 heavy (non-hydrogen) atoms. The first-order valence-electron chi connectivity index (χ1n) is 10.6. The van der Waals surface area contributed by atoms with Crippen molar-refractivity contribution in [2.24, 2.45) is 0 Å². The first-order chi connectivity index (χ1) is 16.1. The molecule has 0 bridgehead atoms. The predicted molar refractivity (Wildman–Crippen MR) is 123 cm³/mol. The quantitative estimate of drug-likeness (QED) is 0.226. The monoisotopic (exact) mass is 486 g/mol. The third kappa shape index (κ3) is 5.20. The van der Waals surface area contributed by atoms with Crippen molar-refractivity contribution in [3.8, 4) is 5.75 Å². The van der Waals surface area contributed by atoms with Gasteiger partial charge in [0.1, 0.15) is 17.1 Å². The van der Waals surface area contributed by atoms with Crippen molar-refractivity contribution in [3.63, 3.8) is 0 Å². The summed E-state index contributed by atoms with van der Waals surface area (Å²) in [4.78, 5) is 35.9. The van der Waals surface area contributed by atoms with Crippen molar-refractivity contribution in [3.05, 3.63) is 69.3 Å². The van der Waals surface area contributed by atoms with E-state index in [-0.39, 0.29) is 52.8 Å². The Hall–Kier alpha value is -3.46. The molecule has 0 unspecified atom stereocenters. The number of aryl methyl sites for hydroxylation is 1. The molecule has 180 valence electrons. The fourth-order valence-electron chi connectivity index (χ4n) is 3.69. The van der Waals surface area contributed by atoms with E-state index in [9.17, 15) is 22.8 Å². The van der Waals surface area contributed by atoms with E-state index < -0.39 is 16.1 Å². The van der Waals surface area contributed by atoms with Crippen LogP contribution >= 0.6 is 0 Å². The van der Waals surface area contributed by atoms with Gasteiger partial charge in [-0.2, -0.15) is 8.42 Å². The van der Waals surface area contributed by atoms with Gasteiger partial charge in [-0.1, -0.05) is 29.3 Å². The topological polar surface area (TPSA) is 113 Å². The van der Waals surface area contributed by atoms with E-state index in [0.717, 1.165) is 11.1 Å². The highest BCUT2D eigenvalue weighted by molar-refractivity contribution is 7.87. The van der Waals surface area contributed by atoms with Gasteiger partial charge in [-0.25, -0.2) is 4.79 Å². The number of aldehydes is 1. The number of rotatable bonds is 9. The zero-order valence-electron chi connectivity index (χ0n) is 19.5. The third-order valence-corrected chi connectivity index (χ3v) is 7.00. The molecular formula is C25H26O8S. The molecule has 0 fully saturated rings. The fourth-order valence-corrected chi connectivity index (χ4v) is 4.66. The van der Waals surface area contributed by atoms with Crippen LogP contribution in [0.1, 0.15) is 62.7 Å². The van der Waals surface area contributed by atoms with Crippen LogP contribution in [-0.4, -0.2) is 33.8 Å². The molecule has 1 aliphatic rings. The van der Waals surface area contributed by atoms with Crippen LogP contribution in [0, 0.1) is 13.8 Å². The SMILES string of the molecule is COC(=O)CC/C(C)=C/Cc1c(C=O)c(C)c2c(c1OS(=O)(=O)c1ccc(C)cc1)C(=O)OC2. The third-order valence-electron chi connectivity index (χ3n) is 5.76. The smallest absolute Gasteiger partial charge is 0.342 e. The van der Waals surface area contributed by atoms with Gasteiger partial charge in [0.05, 0.1) is 7.11 Å². The van der Waals surface area contributed by atoms with Gasteiger partial charge < -0.3 is 13.7 Å². The number of carbonyl (C=O) groups is 3. The minimum Gasteiger partial charge on any atom is -0.469 e. The summed E-state index contributed by atoms with van der Waals surface area (Å²) < 4.78 is 41.5. The van der Waals surface area contributed by atoms with E-state index in [0.29, 0.717) is 23.8 Å². The molecular weight excluding hydrogens is 460 g/mol. The normalized spacial score (nSPS) is 13.3. The van der Waals surface area contributed by atoms with Crippen molar-refractivity contribution >= 4 is 28.3 Å². The maximum atomic E-state index is 13.1. The second-order valence-corrected chi connectivity index (χ2v) is 9.62. The van der Waals surface area contributed by atoms with E-state index in [1.54, 1.807) is 25.1 Å². The molecule has 8 nitrogen and oxygen atoms in total. The summed E-state index contributed by atoms with van der Waals surface area (Å²) in [7, 11) is -3.00. The Bertz CT molecular complexity index is 1270. The van der Waals surface area contributed by atoms with Gasteiger partial charge in [-0.15, -0.1) is 0 Å². The Morgan fingerprint density at radius 3 is 2.44 bits per heavy atom. The number of carbonyl (C=O) groups excluding carboxylic acids is 3. The number of ether oxygens (including phenoxy) is 2. The predicted octanol–water partition coefficient (Wildman–Crippen LogP) is 4.00. The number of fused-ring (bicyclic) bond motifs is 1. The molecule has 0 atom stereocenters. The van der Waals surface area contributed by atoms with E-state index in [1.807, 2.05) is 13.8 Å². The molecule has 1 aliphatic heterocycles. The standard InChI is InChI=1S/C25H26O8S/c1-15-5-9-18(10-6-15)34(29,30)33-24-19(11-7-16(2)8-12-22(27)31-4)20(13-26)17(3)21-14-32-25(28)23(21)24/h5-7,9-10,13H,8,11-12,14H2,1-4H3/b16-7+. The molecule has 0 N–H and O–H groups in total. The number of cyclic esters (lactones) is 1. The van der Waals surface area contributed by atoms with E-state index >= 15 is 0 Å². The first-order valence-corrected chi connectivity index (χ1v) is 12.0. The van der Waals surface area contributed by atoms with Crippen LogP contribution in [0.3, 0.4) is 0 Å². The lowest BCUT2D eigenvalue weighted by molar-refractivity contribution is -0.140. The number of benzene rings is 2. The Morgan fingerprint density at radius 2 is 1.82 bits per heavy atom. The largest absolute Gasteiger partial charge is 0.469 e. The molecule has 0 saturated carbocycles. The van der Waals surface area contributed by atoms with Gasteiger partial charge in [0.25, 0.3) is 0 Å². The second-order valence-electron chi connectivity index (χ2n) is 8.08. The molecule has 0 spiro atoms. The van der Waals surface area contributed by atoms with Crippen molar-refractivity contribution in [2.45, 2.75) is 51.5 Å². The van der Waals surface area contributed by atoms with Crippen LogP contribution in [0.25, 0.3) is 0 Å². The van der Waals surface area contributed by atoms with Crippen molar-refractivity contribution in [1.29, 1.82) is 0 Å². The minimum atomic E-state index is -4.30. The highest BCUT2D eigenvalue weighted by atomic mass is 32.2. The average molecular weight is 487 g/mol. The molecule has 0 amide bonds. The molecule has 2 aromatic rings. The Labute approximate surface area is 198 Å². The van der Waals surface area contributed by atoms with Gasteiger partial charge in [-0.3, -0.25) is 9.59 Å². The van der Waals surface area contributed by atoms with Gasteiger partial charge in [0.2, 0.25) is 0 Å². The zero-order chi connectivity index (χ0) is 25.0. The Balaban J connectivity index is 2.11. The summed E-state index contributed by atoms with van der Waals surface area (Å²) in [5.74, 6) is -1.27. The van der Waals surface area contributed by atoms with Crippen molar-refractivity contribution in [1.82, 2.24) is 0 Å². The van der Waals surface area contributed by atoms with Gasteiger partial charge >= 0.3 is 22.1 Å². The maximum Gasteiger partial charge on any atom is 0.342 e. The first kappa shape index (κ1) is 25.2. The molecule has 0 saturated heterocycles. The Kier molecular flexibility index (Phi) is 7.56. The zero-order valence-corrected chi connectivity index (χ0v) is 20.3. The van der Waals surface area contributed by atoms with E-state index in [4.69, 9.17) is 8.92 Å². The van der Waals surface area contributed by atoms with E-state index in [2.05, 4.69) is 4.74 Å². The van der Waals surface area contributed by atoms with Gasteiger partial charge in [0.15, 0.2) is 12.0 Å². The average Bonchev–Trinajstić information content (AvgIpc) is 3.20. The fraction of sp³-hybridized carbons (Fsp3) is 0.320. The molecule has 0 aliphatic carbocycles. The molecule has 0 radical (unpaired) electrons. The lowest BCUT2D eigenvalue weighted by Gasteiger charge is -2.18. The number of methoxy groups -OCH3 is 1. The number of allylic oxidation sites excluding steroid dienone is 2. The summed E-state index contributed by atoms with van der Waals surface area (Å²) >= 11 is 0. The molecule has 1 heterocycles. The summed E-state index contributed by atoms with van der Waals surface area (Å²) in [5.41, 5.74) is 3.17. The lowest BCUT2D eigenvalue weighted by atomic mass is 9.91. The minimum absolute atomic E-state index is 0.00870. The van der Waals surface area contributed by atoms with Crippen LogP contribution < -0.4 is 4.18 Å². The summed E-state index contributed by atoms with van der Waals surface area (Å²) in [5, 5.41) is 0. The van der Waals surface area contributed by atoms with Gasteiger partial charge in [-0.05, 0) is 51.3 Å². The molecule has 0 aromatic heterocycles.